The summed E-state index contributed by atoms with van der Waals surface area (Å²) < 4.78 is 21.5. The lowest BCUT2D eigenvalue weighted by Gasteiger charge is -2.18. The zero-order valence-corrected chi connectivity index (χ0v) is 16.5. The molecule has 0 spiro atoms. The first kappa shape index (κ1) is 20.5. The Morgan fingerprint density at radius 1 is 0.852 bits per heavy atom. The Balaban J connectivity index is 1.97. The van der Waals surface area contributed by atoms with Gasteiger partial charge in [-0.15, -0.1) is 6.42 Å². The Morgan fingerprint density at radius 3 is 2.07 bits per heavy atom. The standard InChI is InChI=1S/C22H27NO4/c1-6-13-27-22-15-18(8-10-20(22)25-4)16-23(2)12-11-17-7-9-19(24-3)21(14-17)26-5/h1,7-10,14-15H,11-13,16H2,2-5H3. The quantitative estimate of drug-likeness (QED) is 0.601. The molecule has 0 aliphatic heterocycles. The lowest BCUT2D eigenvalue weighted by Crippen LogP contribution is -2.20. The van der Waals surface area contributed by atoms with Crippen LogP contribution < -0.4 is 18.9 Å². The Labute approximate surface area is 161 Å². The highest BCUT2D eigenvalue weighted by Gasteiger charge is 2.09. The molecule has 0 aromatic heterocycles. The van der Waals surface area contributed by atoms with Crippen molar-refractivity contribution in [1.82, 2.24) is 4.90 Å². The van der Waals surface area contributed by atoms with E-state index in [0.717, 1.165) is 36.6 Å². The van der Waals surface area contributed by atoms with Crippen LogP contribution in [0.4, 0.5) is 0 Å². The third-order valence-electron chi connectivity index (χ3n) is 4.22. The smallest absolute Gasteiger partial charge is 0.162 e. The maximum absolute atomic E-state index is 5.57. The van der Waals surface area contributed by atoms with Crippen LogP contribution in [-0.4, -0.2) is 46.4 Å². The average molecular weight is 369 g/mol. The summed E-state index contributed by atoms with van der Waals surface area (Å²) in [6, 6.07) is 11.9. The third-order valence-corrected chi connectivity index (χ3v) is 4.22. The Bertz CT molecular complexity index is 782. The molecule has 0 saturated carbocycles. The van der Waals surface area contributed by atoms with E-state index in [2.05, 4.69) is 23.9 Å². The first-order chi connectivity index (χ1) is 13.1. The first-order valence-electron chi connectivity index (χ1n) is 8.73. The lowest BCUT2D eigenvalue weighted by molar-refractivity contribution is 0.320. The van der Waals surface area contributed by atoms with Gasteiger partial charge < -0.3 is 23.8 Å². The van der Waals surface area contributed by atoms with E-state index >= 15 is 0 Å². The van der Waals surface area contributed by atoms with Gasteiger partial charge in [-0.05, 0) is 48.9 Å². The highest BCUT2D eigenvalue weighted by atomic mass is 16.5. The number of rotatable bonds is 10. The van der Waals surface area contributed by atoms with E-state index in [4.69, 9.17) is 25.4 Å². The van der Waals surface area contributed by atoms with Crippen LogP contribution in [0.5, 0.6) is 23.0 Å². The fourth-order valence-corrected chi connectivity index (χ4v) is 2.80. The third kappa shape index (κ3) is 5.83. The van der Waals surface area contributed by atoms with Gasteiger partial charge in [0.25, 0.3) is 0 Å². The van der Waals surface area contributed by atoms with E-state index in [1.54, 1.807) is 21.3 Å². The summed E-state index contributed by atoms with van der Waals surface area (Å²) in [6.45, 7) is 1.92. The number of hydrogen-bond acceptors (Lipinski definition) is 5. The molecule has 0 amide bonds. The number of benzene rings is 2. The summed E-state index contributed by atoms with van der Waals surface area (Å²) in [7, 11) is 7.00. The molecule has 0 unspecified atom stereocenters. The fourth-order valence-electron chi connectivity index (χ4n) is 2.80. The van der Waals surface area contributed by atoms with Crippen molar-refractivity contribution in [2.75, 3.05) is 41.5 Å². The van der Waals surface area contributed by atoms with Gasteiger partial charge in [0.1, 0.15) is 6.61 Å². The maximum Gasteiger partial charge on any atom is 0.162 e. The second kappa shape index (κ2) is 10.3. The number of likely N-dealkylation sites (N-methyl/N-ethyl adjacent to an activating group) is 1. The second-order valence-electron chi connectivity index (χ2n) is 6.16. The van der Waals surface area contributed by atoms with Crippen LogP contribution in [0.15, 0.2) is 36.4 Å². The number of ether oxygens (including phenoxy) is 4. The van der Waals surface area contributed by atoms with Crippen molar-refractivity contribution < 1.29 is 18.9 Å². The van der Waals surface area contributed by atoms with E-state index in [-0.39, 0.29) is 6.61 Å². The highest BCUT2D eigenvalue weighted by Crippen LogP contribution is 2.29. The van der Waals surface area contributed by atoms with E-state index < -0.39 is 0 Å². The van der Waals surface area contributed by atoms with Gasteiger partial charge in [0.05, 0.1) is 21.3 Å². The fraction of sp³-hybridized carbons (Fsp3) is 0.364. The molecular formula is C22H27NO4. The van der Waals surface area contributed by atoms with Gasteiger partial charge in [-0.2, -0.15) is 0 Å². The highest BCUT2D eigenvalue weighted by molar-refractivity contribution is 5.44. The van der Waals surface area contributed by atoms with E-state index in [0.29, 0.717) is 11.5 Å². The molecule has 0 saturated heterocycles. The summed E-state index contributed by atoms with van der Waals surface area (Å²) in [5.74, 6) is 5.32. The molecule has 144 valence electrons. The van der Waals surface area contributed by atoms with Crippen molar-refractivity contribution in [3.8, 4) is 35.3 Å². The van der Waals surface area contributed by atoms with Crippen molar-refractivity contribution >= 4 is 0 Å². The van der Waals surface area contributed by atoms with E-state index in [1.165, 1.54) is 5.56 Å². The van der Waals surface area contributed by atoms with Crippen LogP contribution in [-0.2, 0) is 13.0 Å². The zero-order valence-electron chi connectivity index (χ0n) is 16.5. The monoisotopic (exact) mass is 369 g/mol. The SMILES string of the molecule is C#CCOc1cc(CN(C)CCc2ccc(OC)c(OC)c2)ccc1OC. The predicted octanol–water partition coefficient (Wildman–Crippen LogP) is 3.40. The summed E-state index contributed by atoms with van der Waals surface area (Å²) in [6.07, 6.45) is 6.19. The molecule has 5 heteroatoms. The van der Waals surface area contributed by atoms with Crippen molar-refractivity contribution in [1.29, 1.82) is 0 Å². The second-order valence-corrected chi connectivity index (χ2v) is 6.16. The number of methoxy groups -OCH3 is 3. The van der Waals surface area contributed by atoms with Crippen molar-refractivity contribution in [3.63, 3.8) is 0 Å². The molecule has 2 aromatic carbocycles. The average Bonchev–Trinajstić information content (AvgIpc) is 2.70. The van der Waals surface area contributed by atoms with Gasteiger partial charge >= 0.3 is 0 Å². The van der Waals surface area contributed by atoms with Crippen LogP contribution in [0.3, 0.4) is 0 Å². The van der Waals surface area contributed by atoms with Gasteiger partial charge in [-0.25, -0.2) is 0 Å². The Hall–Kier alpha value is -2.84. The van der Waals surface area contributed by atoms with E-state index in [1.807, 2.05) is 30.3 Å². The number of nitrogens with zero attached hydrogens (tertiary/aromatic N) is 1. The summed E-state index contributed by atoms with van der Waals surface area (Å²) in [4.78, 5) is 2.25. The maximum atomic E-state index is 5.57. The molecule has 0 aliphatic rings. The Kier molecular flexibility index (Phi) is 7.84. The minimum absolute atomic E-state index is 0.217. The topological polar surface area (TPSA) is 40.2 Å². The summed E-state index contributed by atoms with van der Waals surface area (Å²) >= 11 is 0. The normalized spacial score (nSPS) is 10.4. The van der Waals surface area contributed by atoms with Gasteiger partial charge in [-0.3, -0.25) is 0 Å². The summed E-state index contributed by atoms with van der Waals surface area (Å²) in [5.41, 5.74) is 2.34. The minimum Gasteiger partial charge on any atom is -0.493 e. The Morgan fingerprint density at radius 2 is 1.44 bits per heavy atom. The molecule has 0 aliphatic carbocycles. The van der Waals surface area contributed by atoms with Crippen molar-refractivity contribution in [2.24, 2.45) is 0 Å². The molecule has 0 radical (unpaired) electrons. The zero-order chi connectivity index (χ0) is 19.6. The first-order valence-corrected chi connectivity index (χ1v) is 8.73. The van der Waals surface area contributed by atoms with Crippen LogP contribution in [0, 0.1) is 12.3 Å². The van der Waals surface area contributed by atoms with E-state index in [9.17, 15) is 0 Å². The molecular weight excluding hydrogens is 342 g/mol. The van der Waals surface area contributed by atoms with Crippen molar-refractivity contribution in [3.05, 3.63) is 47.5 Å². The predicted molar refractivity (Wildman–Crippen MR) is 107 cm³/mol. The van der Waals surface area contributed by atoms with Gasteiger partial charge in [0.15, 0.2) is 23.0 Å². The number of hydrogen-bond donors (Lipinski definition) is 0. The molecule has 5 nitrogen and oxygen atoms in total. The van der Waals surface area contributed by atoms with Gasteiger partial charge in [0, 0.05) is 13.1 Å². The number of terminal acetylenes is 1. The van der Waals surface area contributed by atoms with Gasteiger partial charge in [-0.1, -0.05) is 18.1 Å². The lowest BCUT2D eigenvalue weighted by atomic mass is 10.1. The molecule has 27 heavy (non-hydrogen) atoms. The molecule has 0 atom stereocenters. The largest absolute Gasteiger partial charge is 0.493 e. The molecule has 0 fully saturated rings. The van der Waals surface area contributed by atoms with Crippen LogP contribution in [0.2, 0.25) is 0 Å². The summed E-state index contributed by atoms with van der Waals surface area (Å²) in [5, 5.41) is 0. The molecule has 0 N–H and O–H groups in total. The molecule has 0 bridgehead atoms. The van der Waals surface area contributed by atoms with Gasteiger partial charge in [0.2, 0.25) is 0 Å². The van der Waals surface area contributed by atoms with Crippen LogP contribution in [0.25, 0.3) is 0 Å². The van der Waals surface area contributed by atoms with Crippen LogP contribution in [0.1, 0.15) is 11.1 Å². The molecule has 2 rings (SSSR count). The molecule has 2 aromatic rings. The molecule has 0 heterocycles. The van der Waals surface area contributed by atoms with Crippen molar-refractivity contribution in [2.45, 2.75) is 13.0 Å². The van der Waals surface area contributed by atoms with Crippen LogP contribution >= 0.6 is 0 Å². The minimum atomic E-state index is 0.217.